The number of hydrogen-bond acceptors (Lipinski definition) is 1. The summed E-state index contributed by atoms with van der Waals surface area (Å²) in [6, 6.07) is 2.44. The lowest BCUT2D eigenvalue weighted by molar-refractivity contribution is 0.265. The molecule has 3 heteroatoms. The molecule has 1 aromatic rings. The fourth-order valence-corrected chi connectivity index (χ4v) is 1.87. The maximum atomic E-state index is 12.8. The van der Waals surface area contributed by atoms with Gasteiger partial charge in [0.05, 0.1) is 0 Å². The number of aryl methyl sites for hydroxylation is 1. The van der Waals surface area contributed by atoms with Gasteiger partial charge in [0.25, 0.3) is 0 Å². The molecule has 1 aliphatic carbocycles. The Kier molecular flexibility index (Phi) is 2.04. The molecular weight excluding hydrogens is 174 g/mol. The maximum absolute atomic E-state index is 12.8. The van der Waals surface area contributed by atoms with Gasteiger partial charge >= 0.3 is 0 Å². The molecule has 13 heavy (non-hydrogen) atoms. The highest BCUT2D eigenvalue weighted by atomic mass is 19.2. The molecular formula is C10H10F2O. The summed E-state index contributed by atoms with van der Waals surface area (Å²) < 4.78 is 25.6. The average molecular weight is 184 g/mol. The minimum Gasteiger partial charge on any atom is -0.396 e. The SMILES string of the molecule is OCC1CCc2cc(F)c(F)cc21. The van der Waals surface area contributed by atoms with Gasteiger partial charge in [-0.15, -0.1) is 0 Å². The van der Waals surface area contributed by atoms with Crippen LogP contribution in [0.3, 0.4) is 0 Å². The number of aliphatic hydroxyl groups excluding tert-OH is 1. The van der Waals surface area contributed by atoms with Gasteiger partial charge in [0.1, 0.15) is 0 Å². The molecule has 0 bridgehead atoms. The van der Waals surface area contributed by atoms with Gasteiger partial charge in [0.2, 0.25) is 0 Å². The van der Waals surface area contributed by atoms with Crippen LogP contribution < -0.4 is 0 Å². The Morgan fingerprint density at radius 3 is 2.69 bits per heavy atom. The van der Waals surface area contributed by atoms with Crippen molar-refractivity contribution in [3.63, 3.8) is 0 Å². The van der Waals surface area contributed by atoms with E-state index in [0.717, 1.165) is 24.0 Å². The van der Waals surface area contributed by atoms with Crippen molar-refractivity contribution in [2.75, 3.05) is 6.61 Å². The smallest absolute Gasteiger partial charge is 0.159 e. The van der Waals surface area contributed by atoms with Crippen LogP contribution in [-0.4, -0.2) is 11.7 Å². The second kappa shape index (κ2) is 3.07. The second-order valence-corrected chi connectivity index (χ2v) is 3.38. The number of fused-ring (bicyclic) bond motifs is 1. The van der Waals surface area contributed by atoms with E-state index in [1.807, 2.05) is 0 Å². The number of rotatable bonds is 1. The van der Waals surface area contributed by atoms with Crippen LogP contribution in [0.2, 0.25) is 0 Å². The third kappa shape index (κ3) is 1.33. The van der Waals surface area contributed by atoms with Crippen molar-refractivity contribution in [2.45, 2.75) is 18.8 Å². The Morgan fingerprint density at radius 2 is 2.00 bits per heavy atom. The van der Waals surface area contributed by atoms with Gasteiger partial charge < -0.3 is 5.11 Å². The van der Waals surface area contributed by atoms with Crippen molar-refractivity contribution in [3.8, 4) is 0 Å². The molecule has 2 rings (SSSR count). The first-order valence-corrected chi connectivity index (χ1v) is 4.31. The van der Waals surface area contributed by atoms with Crippen LogP contribution in [0.1, 0.15) is 23.5 Å². The maximum Gasteiger partial charge on any atom is 0.159 e. The fourth-order valence-electron chi connectivity index (χ4n) is 1.87. The van der Waals surface area contributed by atoms with Gasteiger partial charge in [-0.2, -0.15) is 0 Å². The highest BCUT2D eigenvalue weighted by Gasteiger charge is 2.23. The van der Waals surface area contributed by atoms with E-state index in [9.17, 15) is 8.78 Å². The summed E-state index contributed by atoms with van der Waals surface area (Å²) in [7, 11) is 0. The Morgan fingerprint density at radius 1 is 1.31 bits per heavy atom. The van der Waals surface area contributed by atoms with Gasteiger partial charge in [0, 0.05) is 12.5 Å². The van der Waals surface area contributed by atoms with Crippen molar-refractivity contribution in [1.29, 1.82) is 0 Å². The Labute approximate surface area is 75.0 Å². The van der Waals surface area contributed by atoms with E-state index in [1.165, 1.54) is 12.1 Å². The van der Waals surface area contributed by atoms with E-state index in [1.54, 1.807) is 0 Å². The lowest BCUT2D eigenvalue weighted by Gasteiger charge is -2.07. The van der Waals surface area contributed by atoms with Crippen molar-refractivity contribution in [1.82, 2.24) is 0 Å². The minimum absolute atomic E-state index is 0.00917. The summed E-state index contributed by atoms with van der Waals surface area (Å²) in [6.07, 6.45) is 1.52. The summed E-state index contributed by atoms with van der Waals surface area (Å²) in [5.74, 6) is -1.62. The van der Waals surface area contributed by atoms with Crippen LogP contribution in [0.25, 0.3) is 0 Å². The number of halogens is 2. The molecule has 1 aromatic carbocycles. The fraction of sp³-hybridized carbons (Fsp3) is 0.400. The molecule has 1 nitrogen and oxygen atoms in total. The number of aliphatic hydroxyl groups is 1. The van der Waals surface area contributed by atoms with Crippen LogP contribution in [0.15, 0.2) is 12.1 Å². The first kappa shape index (κ1) is 8.63. The van der Waals surface area contributed by atoms with Crippen molar-refractivity contribution >= 4 is 0 Å². The molecule has 0 aliphatic heterocycles. The van der Waals surface area contributed by atoms with Crippen LogP contribution in [0, 0.1) is 11.6 Å². The summed E-state index contributed by atoms with van der Waals surface area (Å²) >= 11 is 0. The molecule has 1 N–H and O–H groups in total. The van der Waals surface area contributed by atoms with Gasteiger partial charge in [-0.05, 0) is 36.1 Å². The molecule has 0 heterocycles. The Hall–Kier alpha value is -0.960. The predicted molar refractivity (Wildman–Crippen MR) is 44.5 cm³/mol. The van der Waals surface area contributed by atoms with Gasteiger partial charge in [-0.1, -0.05) is 0 Å². The number of hydrogen-bond donors (Lipinski definition) is 1. The normalized spacial score (nSPS) is 20.4. The monoisotopic (exact) mass is 184 g/mol. The van der Waals surface area contributed by atoms with Gasteiger partial charge in [-0.25, -0.2) is 8.78 Å². The third-order valence-corrected chi connectivity index (χ3v) is 2.60. The first-order valence-electron chi connectivity index (χ1n) is 4.31. The highest BCUT2D eigenvalue weighted by molar-refractivity contribution is 5.36. The molecule has 1 atom stereocenters. The summed E-state index contributed by atoms with van der Waals surface area (Å²) in [6.45, 7) is 0.0120. The minimum atomic E-state index is -0.820. The summed E-state index contributed by atoms with van der Waals surface area (Å²) in [4.78, 5) is 0. The predicted octanol–water partition coefficient (Wildman–Crippen LogP) is 1.99. The van der Waals surface area contributed by atoms with Crippen LogP contribution >= 0.6 is 0 Å². The van der Waals surface area contributed by atoms with Crippen LogP contribution in [0.4, 0.5) is 8.78 Å². The molecule has 1 unspecified atom stereocenters. The largest absolute Gasteiger partial charge is 0.396 e. The first-order chi connectivity index (χ1) is 6.22. The highest BCUT2D eigenvalue weighted by Crippen LogP contribution is 2.33. The molecule has 0 amide bonds. The molecule has 0 radical (unpaired) electrons. The number of benzene rings is 1. The lowest BCUT2D eigenvalue weighted by Crippen LogP contribution is -2.00. The molecule has 0 saturated heterocycles. The van der Waals surface area contributed by atoms with Gasteiger partial charge in [-0.3, -0.25) is 0 Å². The van der Waals surface area contributed by atoms with Crippen molar-refractivity contribution in [2.24, 2.45) is 0 Å². The lowest BCUT2D eigenvalue weighted by atomic mass is 10.0. The zero-order valence-electron chi connectivity index (χ0n) is 7.06. The standard InChI is InChI=1S/C10H10F2O/c11-9-3-6-1-2-7(5-13)8(6)4-10(9)12/h3-4,7,13H,1-2,5H2. The zero-order chi connectivity index (χ0) is 9.42. The third-order valence-electron chi connectivity index (χ3n) is 2.60. The zero-order valence-corrected chi connectivity index (χ0v) is 7.06. The quantitative estimate of drug-likeness (QED) is 0.707. The average Bonchev–Trinajstić information content (AvgIpc) is 2.48. The Balaban J connectivity index is 2.47. The molecule has 0 fully saturated rings. The van der Waals surface area contributed by atoms with E-state index >= 15 is 0 Å². The topological polar surface area (TPSA) is 20.2 Å². The van der Waals surface area contributed by atoms with E-state index < -0.39 is 11.6 Å². The van der Waals surface area contributed by atoms with E-state index in [0.29, 0.717) is 0 Å². The molecule has 0 saturated carbocycles. The summed E-state index contributed by atoms with van der Waals surface area (Å²) in [5.41, 5.74) is 1.60. The van der Waals surface area contributed by atoms with E-state index in [4.69, 9.17) is 5.11 Å². The van der Waals surface area contributed by atoms with Crippen LogP contribution in [0.5, 0.6) is 0 Å². The molecule has 0 spiro atoms. The molecule has 1 aliphatic rings. The van der Waals surface area contributed by atoms with E-state index in [-0.39, 0.29) is 12.5 Å². The Bertz CT molecular complexity index is 336. The molecule has 0 aromatic heterocycles. The van der Waals surface area contributed by atoms with E-state index in [2.05, 4.69) is 0 Å². The van der Waals surface area contributed by atoms with Crippen LogP contribution in [-0.2, 0) is 6.42 Å². The second-order valence-electron chi connectivity index (χ2n) is 3.38. The molecule has 70 valence electrons. The van der Waals surface area contributed by atoms with Crippen molar-refractivity contribution in [3.05, 3.63) is 34.9 Å². The van der Waals surface area contributed by atoms with Gasteiger partial charge in [0.15, 0.2) is 11.6 Å². The van der Waals surface area contributed by atoms with Crippen molar-refractivity contribution < 1.29 is 13.9 Å². The summed E-state index contributed by atoms with van der Waals surface area (Å²) in [5, 5.41) is 8.96.